The second-order valence-electron chi connectivity index (χ2n) is 7.03. The van der Waals surface area contributed by atoms with Gasteiger partial charge in [-0.05, 0) is 31.2 Å². The van der Waals surface area contributed by atoms with E-state index in [-0.39, 0.29) is 36.9 Å². The van der Waals surface area contributed by atoms with Crippen LogP contribution in [-0.2, 0) is 14.3 Å². The monoisotopic (exact) mass is 459 g/mol. The molecule has 1 unspecified atom stereocenters. The molecule has 9 nitrogen and oxygen atoms in total. The molecule has 32 heavy (non-hydrogen) atoms. The molecule has 1 aliphatic heterocycles. The number of hydrogen-bond acceptors (Lipinski definition) is 8. The van der Waals surface area contributed by atoms with E-state index in [9.17, 15) is 14.4 Å². The lowest BCUT2D eigenvalue weighted by atomic mass is 10.1. The number of benzene rings is 1. The maximum absolute atomic E-state index is 13.1. The molecule has 3 rings (SSSR count). The van der Waals surface area contributed by atoms with Gasteiger partial charge in [0.15, 0.2) is 11.5 Å². The summed E-state index contributed by atoms with van der Waals surface area (Å²) in [5, 5.41) is 3.25. The van der Waals surface area contributed by atoms with E-state index in [1.54, 1.807) is 48.4 Å². The maximum atomic E-state index is 13.1. The summed E-state index contributed by atoms with van der Waals surface area (Å²) < 4.78 is 15.3. The maximum Gasteiger partial charge on any atom is 0.310 e. The Morgan fingerprint density at radius 2 is 2.03 bits per heavy atom. The third-order valence-corrected chi connectivity index (χ3v) is 5.77. The van der Waals surface area contributed by atoms with Crippen molar-refractivity contribution in [2.24, 2.45) is 5.92 Å². The Labute approximate surface area is 190 Å². The third kappa shape index (κ3) is 5.70. The molecule has 1 aromatic carbocycles. The van der Waals surface area contributed by atoms with E-state index in [1.165, 1.54) is 18.9 Å². The van der Waals surface area contributed by atoms with Crippen molar-refractivity contribution in [3.05, 3.63) is 42.1 Å². The number of nitrogens with zero attached hydrogens (tertiary/aromatic N) is 2. The highest BCUT2D eigenvalue weighted by Gasteiger charge is 2.24. The van der Waals surface area contributed by atoms with E-state index >= 15 is 0 Å². The zero-order valence-electron chi connectivity index (χ0n) is 18.1. The zero-order chi connectivity index (χ0) is 23.1. The van der Waals surface area contributed by atoms with Gasteiger partial charge in [0, 0.05) is 31.0 Å². The minimum Gasteiger partial charge on any atom is -0.469 e. The van der Waals surface area contributed by atoms with Crippen LogP contribution >= 0.6 is 11.8 Å². The number of hydrogen-bond donors (Lipinski definition) is 1. The summed E-state index contributed by atoms with van der Waals surface area (Å²) in [6, 6.07) is 8.49. The number of amides is 2. The number of thioether (sulfide) groups is 1. The van der Waals surface area contributed by atoms with E-state index in [1.807, 2.05) is 6.92 Å². The topological polar surface area (TPSA) is 107 Å². The number of anilines is 1. The fourth-order valence-corrected chi connectivity index (χ4v) is 3.89. The molecule has 10 heteroatoms. The number of carbonyl (C=O) groups excluding carboxylic acids is 3. The quantitative estimate of drug-likeness (QED) is 0.451. The smallest absolute Gasteiger partial charge is 0.310 e. The molecular formula is C22H25N3O6S. The lowest BCUT2D eigenvalue weighted by molar-refractivity contribution is -0.145. The molecule has 1 aliphatic rings. The molecule has 0 spiro atoms. The van der Waals surface area contributed by atoms with Gasteiger partial charge in [-0.25, -0.2) is 4.98 Å². The summed E-state index contributed by atoms with van der Waals surface area (Å²) in [6.07, 6.45) is 1.57. The van der Waals surface area contributed by atoms with Crippen LogP contribution in [0.4, 0.5) is 5.69 Å². The van der Waals surface area contributed by atoms with Gasteiger partial charge in [-0.15, -0.1) is 0 Å². The number of aromatic nitrogens is 1. The highest BCUT2D eigenvalue weighted by atomic mass is 32.2. The van der Waals surface area contributed by atoms with Crippen molar-refractivity contribution in [3.8, 4) is 11.5 Å². The second kappa shape index (κ2) is 10.9. The molecule has 170 valence electrons. The Hall–Kier alpha value is -3.27. The van der Waals surface area contributed by atoms with Gasteiger partial charge in [0.1, 0.15) is 5.03 Å². The van der Waals surface area contributed by atoms with Crippen LogP contribution in [0.25, 0.3) is 0 Å². The van der Waals surface area contributed by atoms with Gasteiger partial charge >= 0.3 is 5.97 Å². The predicted octanol–water partition coefficient (Wildman–Crippen LogP) is 2.81. The van der Waals surface area contributed by atoms with Crippen LogP contribution in [0.15, 0.2) is 41.6 Å². The van der Waals surface area contributed by atoms with E-state index in [0.29, 0.717) is 34.3 Å². The fraction of sp³-hybridized carbons (Fsp3) is 0.364. The largest absolute Gasteiger partial charge is 0.469 e. The van der Waals surface area contributed by atoms with Crippen LogP contribution in [0.3, 0.4) is 0 Å². The van der Waals surface area contributed by atoms with Crippen molar-refractivity contribution in [2.45, 2.75) is 18.9 Å². The van der Waals surface area contributed by atoms with Crippen LogP contribution in [0.2, 0.25) is 0 Å². The Kier molecular flexibility index (Phi) is 7.93. The molecule has 2 amide bonds. The minimum atomic E-state index is -0.454. The number of methoxy groups -OCH3 is 1. The van der Waals surface area contributed by atoms with Crippen LogP contribution in [-0.4, -0.2) is 60.4 Å². The molecule has 0 radical (unpaired) electrons. The lowest BCUT2D eigenvalue weighted by Gasteiger charge is -2.24. The molecule has 1 atom stereocenters. The van der Waals surface area contributed by atoms with E-state index in [4.69, 9.17) is 14.2 Å². The van der Waals surface area contributed by atoms with Crippen molar-refractivity contribution in [3.63, 3.8) is 0 Å². The molecule has 0 fully saturated rings. The highest BCUT2D eigenvalue weighted by molar-refractivity contribution is 8.00. The van der Waals surface area contributed by atoms with Gasteiger partial charge < -0.3 is 24.4 Å². The lowest BCUT2D eigenvalue weighted by Crippen LogP contribution is -2.37. The number of rotatable bonds is 9. The number of ether oxygens (including phenoxy) is 3. The first kappa shape index (κ1) is 23.4. The van der Waals surface area contributed by atoms with Gasteiger partial charge in [0.05, 0.1) is 24.3 Å². The minimum absolute atomic E-state index is 0.0659. The second-order valence-corrected chi connectivity index (χ2v) is 7.99. The third-order valence-electron chi connectivity index (χ3n) is 4.76. The van der Waals surface area contributed by atoms with E-state index in [0.717, 1.165) is 0 Å². The molecular weight excluding hydrogens is 434 g/mol. The molecule has 0 aliphatic carbocycles. The zero-order valence-corrected chi connectivity index (χ0v) is 18.9. The summed E-state index contributed by atoms with van der Waals surface area (Å²) in [5.41, 5.74) is 0.971. The number of nitrogens with one attached hydrogen (secondary N) is 1. The summed E-state index contributed by atoms with van der Waals surface area (Å²) in [6.45, 7) is 4.35. The molecule has 0 saturated carbocycles. The van der Waals surface area contributed by atoms with Crippen molar-refractivity contribution in [2.75, 3.05) is 38.1 Å². The first-order valence-electron chi connectivity index (χ1n) is 10.1. The number of esters is 1. The van der Waals surface area contributed by atoms with Crippen LogP contribution in [0, 0.1) is 5.92 Å². The number of fused-ring (bicyclic) bond motifs is 1. The first-order chi connectivity index (χ1) is 15.4. The Morgan fingerprint density at radius 3 is 2.78 bits per heavy atom. The van der Waals surface area contributed by atoms with Crippen LogP contribution < -0.4 is 14.8 Å². The van der Waals surface area contributed by atoms with Gasteiger partial charge in [0.25, 0.3) is 5.91 Å². The number of carbonyl (C=O) groups is 3. The molecule has 0 bridgehead atoms. The normalized spacial score (nSPS) is 12.7. The van der Waals surface area contributed by atoms with Crippen LogP contribution in [0.5, 0.6) is 11.5 Å². The van der Waals surface area contributed by atoms with Gasteiger partial charge in [-0.3, -0.25) is 14.4 Å². The molecule has 1 N–H and O–H groups in total. The summed E-state index contributed by atoms with van der Waals surface area (Å²) in [7, 11) is 1.32. The molecule has 2 aromatic rings. The van der Waals surface area contributed by atoms with E-state index in [2.05, 4.69) is 10.3 Å². The van der Waals surface area contributed by atoms with Crippen LogP contribution in [0.1, 0.15) is 24.2 Å². The Morgan fingerprint density at radius 1 is 1.25 bits per heavy atom. The van der Waals surface area contributed by atoms with Gasteiger partial charge in [0.2, 0.25) is 12.7 Å². The Balaban J connectivity index is 1.63. The van der Waals surface area contributed by atoms with Crippen molar-refractivity contribution in [1.29, 1.82) is 0 Å². The molecule has 1 aromatic heterocycles. The predicted molar refractivity (Wildman–Crippen MR) is 119 cm³/mol. The average Bonchev–Trinajstić information content (AvgIpc) is 3.28. The summed E-state index contributed by atoms with van der Waals surface area (Å²) in [5.74, 6) is -0.0536. The van der Waals surface area contributed by atoms with Gasteiger partial charge in [-0.2, -0.15) is 0 Å². The average molecular weight is 460 g/mol. The fourth-order valence-electron chi connectivity index (χ4n) is 3.11. The van der Waals surface area contributed by atoms with E-state index < -0.39 is 5.92 Å². The molecule has 0 saturated heterocycles. The summed E-state index contributed by atoms with van der Waals surface area (Å²) >= 11 is 1.17. The van der Waals surface area contributed by atoms with Gasteiger partial charge in [-0.1, -0.05) is 18.7 Å². The highest BCUT2D eigenvalue weighted by Crippen LogP contribution is 2.34. The first-order valence-corrected chi connectivity index (χ1v) is 11.1. The van der Waals surface area contributed by atoms with Crippen molar-refractivity contribution in [1.82, 2.24) is 9.88 Å². The SMILES string of the molecule is CCN(CC(C)C(=O)OC)C(=O)c1cccnc1SCC(=O)Nc1ccc2c(c1)OCO2. The van der Waals surface area contributed by atoms with Crippen molar-refractivity contribution >= 4 is 35.2 Å². The molecule has 2 heterocycles. The Bertz CT molecular complexity index is 999. The standard InChI is InChI=1S/C22H25N3O6S/c1-4-25(11-14(2)22(28)29-3)21(27)16-6-5-9-23-20(16)32-12-19(26)24-15-7-8-17-18(10-15)31-13-30-17/h5-10,14H,4,11-13H2,1-3H3,(H,24,26). The van der Waals surface area contributed by atoms with Crippen molar-refractivity contribution < 1.29 is 28.6 Å². The summed E-state index contributed by atoms with van der Waals surface area (Å²) in [4.78, 5) is 43.1. The number of pyridine rings is 1.